The number of fused-ring (bicyclic) bond motifs is 1. The van der Waals surface area contributed by atoms with Crippen LogP contribution in [0.25, 0.3) is 10.9 Å². The van der Waals surface area contributed by atoms with E-state index in [0.29, 0.717) is 21.6 Å². The Morgan fingerprint density at radius 1 is 1.10 bits per heavy atom. The van der Waals surface area contributed by atoms with Crippen LogP contribution in [0.1, 0.15) is 5.69 Å². The molecule has 152 valence electrons. The molecule has 3 rings (SSSR count). The van der Waals surface area contributed by atoms with Gasteiger partial charge in [0.05, 0.1) is 10.0 Å². The molecule has 1 heterocycles. The number of anilines is 1. The summed E-state index contributed by atoms with van der Waals surface area (Å²) >= 11 is 12.4. The van der Waals surface area contributed by atoms with Crippen molar-refractivity contribution in [2.75, 3.05) is 11.9 Å². The van der Waals surface area contributed by atoms with E-state index < -0.39 is 24.6 Å². The largest absolute Gasteiger partial charge is 0.573 e. The van der Waals surface area contributed by atoms with Gasteiger partial charge < -0.3 is 14.8 Å². The fourth-order valence-electron chi connectivity index (χ4n) is 2.50. The van der Waals surface area contributed by atoms with Gasteiger partial charge >= 0.3 is 6.36 Å². The van der Waals surface area contributed by atoms with Crippen LogP contribution in [0.3, 0.4) is 0 Å². The number of aryl methyl sites for hydroxylation is 1. The van der Waals surface area contributed by atoms with E-state index in [1.165, 1.54) is 18.2 Å². The van der Waals surface area contributed by atoms with Gasteiger partial charge in [-0.3, -0.25) is 4.79 Å². The van der Waals surface area contributed by atoms with E-state index in [-0.39, 0.29) is 16.5 Å². The Morgan fingerprint density at radius 3 is 2.45 bits per heavy atom. The van der Waals surface area contributed by atoms with Gasteiger partial charge in [0, 0.05) is 16.8 Å². The first-order valence-electron chi connectivity index (χ1n) is 8.16. The zero-order valence-corrected chi connectivity index (χ0v) is 16.3. The van der Waals surface area contributed by atoms with Gasteiger partial charge in [-0.2, -0.15) is 0 Å². The van der Waals surface area contributed by atoms with Crippen LogP contribution in [0.15, 0.2) is 42.5 Å². The van der Waals surface area contributed by atoms with E-state index in [4.69, 9.17) is 27.9 Å². The second-order valence-electron chi connectivity index (χ2n) is 5.93. The number of ether oxygens (including phenoxy) is 2. The van der Waals surface area contributed by atoms with E-state index in [0.717, 1.165) is 12.1 Å². The molecule has 0 spiro atoms. The number of hydrogen-bond acceptors (Lipinski definition) is 4. The van der Waals surface area contributed by atoms with E-state index in [1.807, 2.05) is 0 Å². The van der Waals surface area contributed by atoms with Crippen molar-refractivity contribution in [3.63, 3.8) is 0 Å². The number of aromatic nitrogens is 1. The number of amides is 1. The quantitative estimate of drug-likeness (QED) is 0.542. The average Bonchev–Trinajstić information content (AvgIpc) is 2.61. The Bertz CT molecular complexity index is 1060. The van der Waals surface area contributed by atoms with Crippen molar-refractivity contribution < 1.29 is 27.4 Å². The Balaban J connectivity index is 1.69. The fraction of sp³-hybridized carbons (Fsp3) is 0.158. The van der Waals surface area contributed by atoms with Crippen LogP contribution in [0.2, 0.25) is 10.0 Å². The second kappa shape index (κ2) is 8.34. The molecule has 29 heavy (non-hydrogen) atoms. The predicted molar refractivity (Wildman–Crippen MR) is 104 cm³/mol. The molecule has 0 unspecified atom stereocenters. The number of benzene rings is 2. The number of pyridine rings is 1. The van der Waals surface area contributed by atoms with Gasteiger partial charge in [-0.1, -0.05) is 23.2 Å². The van der Waals surface area contributed by atoms with Crippen molar-refractivity contribution >= 4 is 45.7 Å². The Hall–Kier alpha value is -2.71. The SMILES string of the molecule is Cc1ccc2c(Cl)cc(Cl)c(OCC(=O)Nc3ccc(OC(F)(F)F)cc3)c2n1. The first kappa shape index (κ1) is 21.0. The monoisotopic (exact) mass is 444 g/mol. The van der Waals surface area contributed by atoms with Gasteiger partial charge in [-0.05, 0) is 49.4 Å². The lowest BCUT2D eigenvalue weighted by Gasteiger charge is -2.13. The highest BCUT2D eigenvalue weighted by atomic mass is 35.5. The molecule has 5 nitrogen and oxygen atoms in total. The average molecular weight is 445 g/mol. The Labute approximate surface area is 173 Å². The Kier molecular flexibility index (Phi) is 6.04. The van der Waals surface area contributed by atoms with Crippen LogP contribution in [0.4, 0.5) is 18.9 Å². The van der Waals surface area contributed by atoms with Gasteiger partial charge in [0.15, 0.2) is 12.4 Å². The summed E-state index contributed by atoms with van der Waals surface area (Å²) in [4.78, 5) is 16.5. The molecule has 0 atom stereocenters. The molecule has 0 aliphatic carbocycles. The van der Waals surface area contributed by atoms with Gasteiger partial charge in [0.2, 0.25) is 0 Å². The molecule has 10 heteroatoms. The number of carbonyl (C=O) groups excluding carboxylic acids is 1. The predicted octanol–water partition coefficient (Wildman–Crippen LogP) is 5.77. The van der Waals surface area contributed by atoms with Crippen molar-refractivity contribution in [3.05, 3.63) is 58.2 Å². The van der Waals surface area contributed by atoms with Crippen molar-refractivity contribution in [2.24, 2.45) is 0 Å². The molecular weight excluding hydrogens is 432 g/mol. The zero-order valence-electron chi connectivity index (χ0n) is 14.8. The molecule has 0 saturated carbocycles. The van der Waals surface area contributed by atoms with Gasteiger partial charge in [-0.15, -0.1) is 13.2 Å². The van der Waals surface area contributed by atoms with E-state index in [2.05, 4.69) is 15.0 Å². The van der Waals surface area contributed by atoms with Crippen LogP contribution in [-0.2, 0) is 4.79 Å². The normalized spacial score (nSPS) is 11.4. The third kappa shape index (κ3) is 5.42. The number of carbonyl (C=O) groups is 1. The van der Waals surface area contributed by atoms with E-state index in [1.54, 1.807) is 19.1 Å². The van der Waals surface area contributed by atoms with Crippen LogP contribution in [0, 0.1) is 6.92 Å². The third-order valence-electron chi connectivity index (χ3n) is 3.70. The van der Waals surface area contributed by atoms with Gasteiger partial charge in [0.25, 0.3) is 5.91 Å². The van der Waals surface area contributed by atoms with Crippen LogP contribution in [-0.4, -0.2) is 23.9 Å². The summed E-state index contributed by atoms with van der Waals surface area (Å²) in [6.45, 7) is 1.39. The van der Waals surface area contributed by atoms with Gasteiger partial charge in [-0.25, -0.2) is 4.98 Å². The number of nitrogens with one attached hydrogen (secondary N) is 1. The minimum absolute atomic E-state index is 0.196. The smallest absolute Gasteiger partial charge is 0.480 e. The standard InChI is InChI=1S/C19H13Cl2F3N2O3/c1-10-2-7-13-14(20)8-15(21)18(17(13)25-10)28-9-16(27)26-11-3-5-12(6-4-11)29-19(22,23)24/h2-8H,9H2,1H3,(H,26,27). The highest BCUT2D eigenvalue weighted by Crippen LogP contribution is 2.37. The van der Waals surface area contributed by atoms with Crippen molar-refractivity contribution in [3.8, 4) is 11.5 Å². The topological polar surface area (TPSA) is 60.5 Å². The number of halogens is 5. The number of rotatable bonds is 5. The number of alkyl halides is 3. The van der Waals surface area contributed by atoms with Crippen molar-refractivity contribution in [1.82, 2.24) is 4.98 Å². The highest BCUT2D eigenvalue weighted by molar-refractivity contribution is 6.39. The first-order chi connectivity index (χ1) is 13.6. The number of hydrogen-bond donors (Lipinski definition) is 1. The highest BCUT2D eigenvalue weighted by Gasteiger charge is 2.31. The van der Waals surface area contributed by atoms with Crippen molar-refractivity contribution in [2.45, 2.75) is 13.3 Å². The molecule has 0 aliphatic heterocycles. The maximum Gasteiger partial charge on any atom is 0.573 e. The summed E-state index contributed by atoms with van der Waals surface area (Å²) in [6.07, 6.45) is -4.79. The zero-order chi connectivity index (χ0) is 21.2. The molecular formula is C19H13Cl2F3N2O3. The molecule has 1 N–H and O–H groups in total. The lowest BCUT2D eigenvalue weighted by molar-refractivity contribution is -0.274. The minimum atomic E-state index is -4.79. The molecule has 3 aromatic rings. The molecule has 0 fully saturated rings. The molecule has 1 aromatic heterocycles. The Morgan fingerprint density at radius 2 is 1.79 bits per heavy atom. The van der Waals surface area contributed by atoms with Crippen LogP contribution < -0.4 is 14.8 Å². The second-order valence-corrected chi connectivity index (χ2v) is 6.74. The maximum absolute atomic E-state index is 12.2. The number of nitrogens with zero attached hydrogens (tertiary/aromatic N) is 1. The summed E-state index contributed by atoms with van der Waals surface area (Å²) in [7, 11) is 0. The third-order valence-corrected chi connectivity index (χ3v) is 4.29. The molecule has 2 aromatic carbocycles. The summed E-state index contributed by atoms with van der Waals surface area (Å²) in [5, 5.41) is 3.72. The molecule has 0 radical (unpaired) electrons. The summed E-state index contributed by atoms with van der Waals surface area (Å²) in [5.41, 5.74) is 1.41. The van der Waals surface area contributed by atoms with Crippen LogP contribution in [0.5, 0.6) is 11.5 Å². The fourth-order valence-corrected chi connectivity index (χ4v) is 3.07. The lowest BCUT2D eigenvalue weighted by Crippen LogP contribution is -2.20. The molecule has 1 amide bonds. The maximum atomic E-state index is 12.2. The van der Waals surface area contributed by atoms with Gasteiger partial charge in [0.1, 0.15) is 11.3 Å². The lowest BCUT2D eigenvalue weighted by atomic mass is 10.2. The molecule has 0 aliphatic rings. The summed E-state index contributed by atoms with van der Waals surface area (Å²) in [5.74, 6) is -0.729. The first-order valence-corrected chi connectivity index (χ1v) is 8.92. The molecule has 0 bridgehead atoms. The van der Waals surface area contributed by atoms with E-state index >= 15 is 0 Å². The minimum Gasteiger partial charge on any atom is -0.480 e. The molecule has 0 saturated heterocycles. The summed E-state index contributed by atoms with van der Waals surface area (Å²) < 4.78 is 45.8. The van der Waals surface area contributed by atoms with E-state index in [9.17, 15) is 18.0 Å². The summed E-state index contributed by atoms with van der Waals surface area (Å²) in [6, 6.07) is 9.76. The van der Waals surface area contributed by atoms with Crippen LogP contribution >= 0.6 is 23.2 Å². The van der Waals surface area contributed by atoms with Crippen molar-refractivity contribution in [1.29, 1.82) is 0 Å².